The predicted molar refractivity (Wildman–Crippen MR) is 79.0 cm³/mol. The molecule has 0 spiro atoms. The van der Waals surface area contributed by atoms with Gasteiger partial charge in [-0.15, -0.1) is 0 Å². The molecule has 1 aliphatic rings. The van der Waals surface area contributed by atoms with Gasteiger partial charge < -0.3 is 5.11 Å². The molecule has 1 aromatic rings. The fraction of sp³-hybridized carbons (Fsp3) is 0.600. The lowest BCUT2D eigenvalue weighted by Gasteiger charge is -2.16. The van der Waals surface area contributed by atoms with Gasteiger partial charge in [-0.05, 0) is 61.8 Å². The Morgan fingerprint density at radius 2 is 2.00 bits per heavy atom. The number of aryl methyl sites for hydroxylation is 1. The Morgan fingerprint density at radius 1 is 1.30 bits per heavy atom. The highest BCUT2D eigenvalue weighted by atomic mass is 32.2. The molecule has 112 valence electrons. The van der Waals surface area contributed by atoms with Crippen molar-refractivity contribution < 1.29 is 13.5 Å². The predicted octanol–water partition coefficient (Wildman–Crippen LogP) is 2.26. The van der Waals surface area contributed by atoms with Crippen molar-refractivity contribution in [3.8, 4) is 0 Å². The molecule has 0 saturated heterocycles. The smallest absolute Gasteiger partial charge is 0.241 e. The van der Waals surface area contributed by atoms with Crippen molar-refractivity contribution in [1.29, 1.82) is 0 Å². The monoisotopic (exact) mass is 297 g/mol. The Kier molecular flexibility index (Phi) is 4.52. The summed E-state index contributed by atoms with van der Waals surface area (Å²) in [5, 5.41) is 9.25. The van der Waals surface area contributed by atoms with Crippen molar-refractivity contribution >= 4 is 10.0 Å². The number of benzene rings is 1. The van der Waals surface area contributed by atoms with Crippen LogP contribution < -0.4 is 4.72 Å². The van der Waals surface area contributed by atoms with E-state index in [0.29, 0.717) is 16.4 Å². The zero-order chi connectivity index (χ0) is 14.9. The minimum Gasteiger partial charge on any atom is -0.392 e. The minimum absolute atomic E-state index is 0.0347. The molecule has 20 heavy (non-hydrogen) atoms. The van der Waals surface area contributed by atoms with Gasteiger partial charge >= 0.3 is 0 Å². The highest BCUT2D eigenvalue weighted by Gasteiger charge is 2.27. The van der Waals surface area contributed by atoms with Gasteiger partial charge in [-0.25, -0.2) is 13.1 Å². The van der Waals surface area contributed by atoms with Crippen molar-refractivity contribution in [2.45, 2.75) is 57.6 Å². The Morgan fingerprint density at radius 3 is 2.55 bits per heavy atom. The fourth-order valence-electron chi connectivity index (χ4n) is 2.87. The third-order valence-corrected chi connectivity index (χ3v) is 5.81. The summed E-state index contributed by atoms with van der Waals surface area (Å²) in [5.74, 6) is 0.578. The first-order valence-corrected chi connectivity index (χ1v) is 8.55. The molecule has 2 atom stereocenters. The number of aliphatic hydroxyl groups excluding tert-OH is 1. The van der Waals surface area contributed by atoms with Crippen LogP contribution in [0.15, 0.2) is 17.0 Å². The van der Waals surface area contributed by atoms with Crippen molar-refractivity contribution in [1.82, 2.24) is 4.72 Å². The molecular formula is C15H23NO3S. The summed E-state index contributed by atoms with van der Waals surface area (Å²) in [6.45, 7) is 5.67. The number of rotatable bonds is 4. The first-order valence-electron chi connectivity index (χ1n) is 7.07. The summed E-state index contributed by atoms with van der Waals surface area (Å²) in [6, 6.07) is 3.43. The van der Waals surface area contributed by atoms with Crippen molar-refractivity contribution in [3.63, 3.8) is 0 Å². The van der Waals surface area contributed by atoms with Crippen LogP contribution >= 0.6 is 0 Å². The summed E-state index contributed by atoms with van der Waals surface area (Å²) >= 11 is 0. The van der Waals surface area contributed by atoms with Crippen LogP contribution in [0.3, 0.4) is 0 Å². The molecule has 1 fully saturated rings. The van der Waals surface area contributed by atoms with E-state index in [2.05, 4.69) is 11.6 Å². The third-order valence-electron chi connectivity index (χ3n) is 4.17. The maximum Gasteiger partial charge on any atom is 0.241 e. The average Bonchev–Trinajstić information content (AvgIpc) is 2.76. The van der Waals surface area contributed by atoms with Crippen LogP contribution in [0.25, 0.3) is 0 Å². The molecule has 0 bridgehead atoms. The zero-order valence-electron chi connectivity index (χ0n) is 12.3. The molecule has 2 rings (SSSR count). The Hall–Kier alpha value is -0.910. The molecule has 0 heterocycles. The average molecular weight is 297 g/mol. The molecule has 0 aliphatic heterocycles. The van der Waals surface area contributed by atoms with Crippen LogP contribution in [0, 0.1) is 19.8 Å². The topological polar surface area (TPSA) is 66.4 Å². The highest BCUT2D eigenvalue weighted by molar-refractivity contribution is 7.89. The van der Waals surface area contributed by atoms with Crippen LogP contribution in [0.4, 0.5) is 0 Å². The maximum atomic E-state index is 12.5. The largest absolute Gasteiger partial charge is 0.392 e. The Bertz CT molecular complexity index is 595. The second kappa shape index (κ2) is 5.84. The molecule has 0 amide bonds. The summed E-state index contributed by atoms with van der Waals surface area (Å²) < 4.78 is 27.9. The van der Waals surface area contributed by atoms with Crippen LogP contribution in [-0.2, 0) is 16.6 Å². The van der Waals surface area contributed by atoms with E-state index in [1.807, 2.05) is 19.9 Å². The molecule has 2 unspecified atom stereocenters. The van der Waals surface area contributed by atoms with Gasteiger partial charge in [0.15, 0.2) is 0 Å². The molecule has 0 aromatic heterocycles. The quantitative estimate of drug-likeness (QED) is 0.896. The molecule has 4 nitrogen and oxygen atoms in total. The van der Waals surface area contributed by atoms with E-state index in [1.54, 1.807) is 6.07 Å². The van der Waals surface area contributed by atoms with Gasteiger partial charge in [0.05, 0.1) is 11.5 Å². The zero-order valence-corrected chi connectivity index (χ0v) is 13.1. The second-order valence-corrected chi connectivity index (χ2v) is 7.61. The van der Waals surface area contributed by atoms with E-state index in [-0.39, 0.29) is 12.6 Å². The minimum atomic E-state index is -3.51. The lowest BCUT2D eigenvalue weighted by Crippen LogP contribution is -2.33. The molecule has 1 aliphatic carbocycles. The van der Waals surface area contributed by atoms with Crippen molar-refractivity contribution in [3.05, 3.63) is 28.8 Å². The summed E-state index contributed by atoms with van der Waals surface area (Å²) in [7, 11) is -3.51. The Balaban J connectivity index is 2.31. The fourth-order valence-corrected chi connectivity index (χ4v) is 4.52. The lowest BCUT2D eigenvalue weighted by atomic mass is 10.1. The lowest BCUT2D eigenvalue weighted by molar-refractivity contribution is 0.281. The van der Waals surface area contributed by atoms with Crippen LogP contribution in [0.5, 0.6) is 0 Å². The molecule has 0 radical (unpaired) electrons. The van der Waals surface area contributed by atoms with E-state index >= 15 is 0 Å². The SMILES string of the molecule is Cc1cc(CO)cc(S(=O)(=O)NC2CCC(C)C2)c1C. The van der Waals surface area contributed by atoms with Crippen molar-refractivity contribution in [2.24, 2.45) is 5.92 Å². The standard InChI is InChI=1S/C15H23NO3S/c1-10-4-5-14(6-10)16-20(18,19)15-8-13(9-17)7-11(2)12(15)3/h7-8,10,14,16-17H,4-6,9H2,1-3H3. The second-order valence-electron chi connectivity index (χ2n) is 5.93. The normalized spacial score (nSPS) is 23.2. The molecule has 5 heteroatoms. The molecule has 1 aromatic carbocycles. The van der Waals surface area contributed by atoms with Gasteiger partial charge in [0.1, 0.15) is 0 Å². The van der Waals surface area contributed by atoms with Crippen LogP contribution in [0.1, 0.15) is 42.9 Å². The van der Waals surface area contributed by atoms with Gasteiger partial charge in [-0.2, -0.15) is 0 Å². The first-order chi connectivity index (χ1) is 9.33. The maximum absolute atomic E-state index is 12.5. The van der Waals surface area contributed by atoms with Crippen LogP contribution in [0.2, 0.25) is 0 Å². The van der Waals surface area contributed by atoms with E-state index in [9.17, 15) is 13.5 Å². The number of hydrogen-bond donors (Lipinski definition) is 2. The number of nitrogens with one attached hydrogen (secondary N) is 1. The summed E-state index contributed by atoms with van der Waals surface area (Å²) in [5.41, 5.74) is 2.27. The van der Waals surface area contributed by atoms with E-state index < -0.39 is 10.0 Å². The van der Waals surface area contributed by atoms with E-state index in [1.165, 1.54) is 0 Å². The van der Waals surface area contributed by atoms with Crippen molar-refractivity contribution in [2.75, 3.05) is 0 Å². The number of hydrogen-bond acceptors (Lipinski definition) is 3. The third kappa shape index (κ3) is 3.22. The van der Waals surface area contributed by atoms with Gasteiger partial charge in [0.25, 0.3) is 0 Å². The summed E-state index contributed by atoms with van der Waals surface area (Å²) in [6.07, 6.45) is 2.87. The number of sulfonamides is 1. The summed E-state index contributed by atoms with van der Waals surface area (Å²) in [4.78, 5) is 0.293. The van der Waals surface area contributed by atoms with E-state index in [0.717, 1.165) is 30.4 Å². The van der Waals surface area contributed by atoms with Gasteiger partial charge in [-0.1, -0.05) is 13.0 Å². The van der Waals surface area contributed by atoms with Gasteiger partial charge in [0, 0.05) is 6.04 Å². The molecule has 2 N–H and O–H groups in total. The highest BCUT2D eigenvalue weighted by Crippen LogP contribution is 2.27. The van der Waals surface area contributed by atoms with Crippen LogP contribution in [-0.4, -0.2) is 19.6 Å². The van der Waals surface area contributed by atoms with Gasteiger partial charge in [-0.3, -0.25) is 0 Å². The Labute approximate surface area is 121 Å². The molecular weight excluding hydrogens is 274 g/mol. The first kappa shape index (κ1) is 15.5. The molecule has 1 saturated carbocycles. The van der Waals surface area contributed by atoms with E-state index in [4.69, 9.17) is 0 Å². The van der Waals surface area contributed by atoms with Gasteiger partial charge in [0.2, 0.25) is 10.0 Å². The number of aliphatic hydroxyl groups is 1.